The molecule has 38 heavy (non-hydrogen) atoms. The second-order valence-corrected chi connectivity index (χ2v) is 8.51. The number of benzene rings is 2. The normalized spacial score (nSPS) is 14.2. The summed E-state index contributed by atoms with van der Waals surface area (Å²) in [6.45, 7) is 1.46. The number of ether oxygens (including phenoxy) is 1. The molecule has 0 spiro atoms. The molecule has 2 heterocycles. The number of amides is 3. The highest BCUT2D eigenvalue weighted by Crippen LogP contribution is 2.35. The van der Waals surface area contributed by atoms with Gasteiger partial charge < -0.3 is 19.8 Å². The molecule has 0 saturated carbocycles. The molecule has 194 valence electrons. The van der Waals surface area contributed by atoms with Crippen LogP contribution in [0.25, 0.3) is 6.08 Å². The molecule has 3 aromatic rings. The molecule has 9 nitrogen and oxygen atoms in total. The lowest BCUT2D eigenvalue weighted by Crippen LogP contribution is -2.34. The van der Waals surface area contributed by atoms with Crippen LogP contribution in [0.4, 0.5) is 15.8 Å². The van der Waals surface area contributed by atoms with Crippen LogP contribution in [0.5, 0.6) is 0 Å². The van der Waals surface area contributed by atoms with Gasteiger partial charge in [-0.1, -0.05) is 17.7 Å². The van der Waals surface area contributed by atoms with Gasteiger partial charge in [-0.25, -0.2) is 9.18 Å². The number of rotatable bonds is 6. The Morgan fingerprint density at radius 1 is 1.08 bits per heavy atom. The number of anilines is 2. The molecule has 1 aliphatic heterocycles. The van der Waals surface area contributed by atoms with E-state index in [9.17, 15) is 23.6 Å². The number of hydrogen-bond acceptors (Lipinski definition) is 6. The van der Waals surface area contributed by atoms with Crippen LogP contribution in [0, 0.1) is 5.82 Å². The minimum absolute atomic E-state index is 0.0181. The third kappa shape index (κ3) is 5.65. The van der Waals surface area contributed by atoms with Crippen LogP contribution in [0.1, 0.15) is 18.4 Å². The van der Waals surface area contributed by atoms with Gasteiger partial charge in [-0.3, -0.25) is 19.3 Å². The quantitative estimate of drug-likeness (QED) is 0.276. The fraction of sp³-hybridized carbons (Fsp3) is 0.111. The van der Waals surface area contributed by atoms with Crippen LogP contribution < -0.4 is 15.5 Å². The maximum Gasteiger partial charge on any atom is 0.340 e. The molecular formula is C27H21ClFN3O6. The predicted octanol–water partition coefficient (Wildman–Crippen LogP) is 4.20. The van der Waals surface area contributed by atoms with Crippen molar-refractivity contribution in [3.8, 4) is 0 Å². The molecule has 3 amide bonds. The third-order valence-electron chi connectivity index (χ3n) is 5.56. The number of allylic oxidation sites excluding steroid dienone is 1. The highest BCUT2D eigenvalue weighted by atomic mass is 35.5. The number of halogens is 2. The summed E-state index contributed by atoms with van der Waals surface area (Å²) in [7, 11) is 1.20. The summed E-state index contributed by atoms with van der Waals surface area (Å²) in [6, 6.07) is 14.7. The second-order valence-electron chi connectivity index (χ2n) is 8.08. The van der Waals surface area contributed by atoms with Gasteiger partial charge in [0.2, 0.25) is 0 Å². The summed E-state index contributed by atoms with van der Waals surface area (Å²) in [4.78, 5) is 51.4. The third-order valence-corrected chi connectivity index (χ3v) is 5.79. The molecule has 0 atom stereocenters. The number of esters is 1. The van der Waals surface area contributed by atoms with E-state index in [2.05, 4.69) is 10.6 Å². The average molecular weight is 538 g/mol. The molecule has 0 fully saturated rings. The van der Waals surface area contributed by atoms with Crippen molar-refractivity contribution in [2.45, 2.75) is 13.5 Å². The van der Waals surface area contributed by atoms with E-state index in [1.54, 1.807) is 37.3 Å². The molecule has 0 unspecified atom stereocenters. The summed E-state index contributed by atoms with van der Waals surface area (Å²) < 4.78 is 23.9. The number of nitrogens with one attached hydrogen (secondary N) is 2. The standard InChI is InChI=1S/C27H21ClFN3O6/c1-15-23(27(36)37-2)22(26(35)32(15)19-8-6-17(29)7-9-19)13-20-10-11-21(38-20)14-30-24(33)25(34)31-18-5-3-4-16(28)12-18/h3-13H,14H2,1-2H3,(H,30,33)(H,31,34). The van der Waals surface area contributed by atoms with Crippen molar-refractivity contribution in [3.05, 3.63) is 99.9 Å². The topological polar surface area (TPSA) is 118 Å². The van der Waals surface area contributed by atoms with Gasteiger partial charge in [0.15, 0.2) is 0 Å². The first kappa shape index (κ1) is 26.4. The van der Waals surface area contributed by atoms with Crippen molar-refractivity contribution >= 4 is 52.7 Å². The fourth-order valence-electron chi connectivity index (χ4n) is 3.79. The van der Waals surface area contributed by atoms with Crippen molar-refractivity contribution in [3.63, 3.8) is 0 Å². The van der Waals surface area contributed by atoms with Crippen LogP contribution in [0.2, 0.25) is 5.02 Å². The van der Waals surface area contributed by atoms with Crippen molar-refractivity contribution in [1.29, 1.82) is 0 Å². The Hall–Kier alpha value is -4.70. The Morgan fingerprint density at radius 3 is 2.50 bits per heavy atom. The molecule has 2 N–H and O–H groups in total. The van der Waals surface area contributed by atoms with E-state index in [1.165, 1.54) is 48.4 Å². The van der Waals surface area contributed by atoms with Gasteiger partial charge in [0.1, 0.15) is 17.3 Å². The average Bonchev–Trinajstić information content (AvgIpc) is 3.44. The van der Waals surface area contributed by atoms with Gasteiger partial charge in [0.05, 0.1) is 24.8 Å². The summed E-state index contributed by atoms with van der Waals surface area (Å²) in [5.41, 5.74) is 1.10. The number of methoxy groups -OCH3 is 1. The Labute approximate surface area is 221 Å². The van der Waals surface area contributed by atoms with Gasteiger partial charge in [-0.2, -0.15) is 0 Å². The molecule has 1 aliphatic rings. The van der Waals surface area contributed by atoms with Crippen molar-refractivity contribution in [1.82, 2.24) is 5.32 Å². The zero-order valence-corrected chi connectivity index (χ0v) is 21.0. The molecule has 11 heteroatoms. The molecule has 0 aliphatic carbocycles. The van der Waals surface area contributed by atoms with Crippen molar-refractivity contribution in [2.75, 3.05) is 17.3 Å². The summed E-state index contributed by atoms with van der Waals surface area (Å²) >= 11 is 5.87. The van der Waals surface area contributed by atoms with Crippen LogP contribution in [-0.4, -0.2) is 30.8 Å². The summed E-state index contributed by atoms with van der Waals surface area (Å²) in [5.74, 6) is -2.99. The van der Waals surface area contributed by atoms with E-state index in [4.69, 9.17) is 20.8 Å². The summed E-state index contributed by atoms with van der Waals surface area (Å²) in [6.07, 6.45) is 1.37. The predicted molar refractivity (Wildman–Crippen MR) is 137 cm³/mol. The molecule has 0 saturated heterocycles. The minimum atomic E-state index is -0.895. The zero-order chi connectivity index (χ0) is 27.4. The van der Waals surface area contributed by atoms with Gasteiger partial charge in [-0.05, 0) is 67.6 Å². The van der Waals surface area contributed by atoms with Gasteiger partial charge in [0.25, 0.3) is 5.91 Å². The lowest BCUT2D eigenvalue weighted by molar-refractivity contribution is -0.136. The van der Waals surface area contributed by atoms with Gasteiger partial charge >= 0.3 is 17.8 Å². The molecule has 4 rings (SSSR count). The number of furan rings is 1. The van der Waals surface area contributed by atoms with Crippen molar-refractivity contribution in [2.24, 2.45) is 0 Å². The first-order chi connectivity index (χ1) is 18.2. The van der Waals surface area contributed by atoms with E-state index < -0.39 is 29.5 Å². The molecule has 0 radical (unpaired) electrons. The van der Waals surface area contributed by atoms with E-state index in [-0.39, 0.29) is 23.5 Å². The largest absolute Gasteiger partial charge is 0.465 e. The smallest absolute Gasteiger partial charge is 0.340 e. The number of hydrogen-bond donors (Lipinski definition) is 2. The molecule has 0 bridgehead atoms. The first-order valence-electron chi connectivity index (χ1n) is 11.2. The van der Waals surface area contributed by atoms with Crippen LogP contribution >= 0.6 is 11.6 Å². The monoisotopic (exact) mass is 537 g/mol. The Balaban J connectivity index is 1.49. The maximum atomic E-state index is 13.4. The second kappa shape index (κ2) is 11.1. The Morgan fingerprint density at radius 2 is 1.82 bits per heavy atom. The highest BCUT2D eigenvalue weighted by Gasteiger charge is 2.38. The fourth-order valence-corrected chi connectivity index (χ4v) is 3.98. The number of carbonyl (C=O) groups is 4. The van der Waals surface area contributed by atoms with Gasteiger partial charge in [-0.15, -0.1) is 0 Å². The van der Waals surface area contributed by atoms with E-state index in [0.717, 1.165) is 0 Å². The molecule has 2 aromatic carbocycles. The van der Waals surface area contributed by atoms with Crippen molar-refractivity contribution < 1.29 is 32.7 Å². The lowest BCUT2D eigenvalue weighted by Gasteiger charge is -2.17. The zero-order valence-electron chi connectivity index (χ0n) is 20.2. The summed E-state index contributed by atoms with van der Waals surface area (Å²) in [5, 5.41) is 5.28. The van der Waals surface area contributed by atoms with Crippen LogP contribution in [-0.2, 0) is 30.5 Å². The van der Waals surface area contributed by atoms with E-state index >= 15 is 0 Å². The van der Waals surface area contributed by atoms with Crippen LogP contribution in [0.15, 0.2) is 81.9 Å². The SMILES string of the molecule is COC(=O)C1=C(C)N(c2ccc(F)cc2)C(=O)C1=Cc1ccc(CNC(=O)C(=O)Nc2cccc(Cl)c2)o1. The Bertz CT molecular complexity index is 1490. The van der Waals surface area contributed by atoms with E-state index in [1.807, 2.05) is 0 Å². The number of carbonyl (C=O) groups excluding carboxylic acids is 4. The highest BCUT2D eigenvalue weighted by molar-refractivity contribution is 6.39. The van der Waals surface area contributed by atoms with Crippen LogP contribution in [0.3, 0.4) is 0 Å². The number of nitrogens with zero attached hydrogens (tertiary/aromatic N) is 1. The van der Waals surface area contributed by atoms with Gasteiger partial charge in [0, 0.05) is 22.1 Å². The first-order valence-corrected chi connectivity index (χ1v) is 11.6. The Kier molecular flexibility index (Phi) is 7.73. The molecule has 1 aromatic heterocycles. The minimum Gasteiger partial charge on any atom is -0.465 e. The van der Waals surface area contributed by atoms with E-state index in [0.29, 0.717) is 27.9 Å². The molecular weight excluding hydrogens is 517 g/mol. The maximum absolute atomic E-state index is 13.4. The lowest BCUT2D eigenvalue weighted by atomic mass is 10.1.